The molecule has 56 valence electrons. The van der Waals surface area contributed by atoms with E-state index in [0.717, 1.165) is 10.0 Å². The second-order valence-corrected chi connectivity index (χ2v) is 3.20. The molecule has 0 saturated heterocycles. The van der Waals surface area contributed by atoms with E-state index in [1.54, 1.807) is 0 Å². The van der Waals surface area contributed by atoms with Crippen LogP contribution >= 0.6 is 15.9 Å². The van der Waals surface area contributed by atoms with Gasteiger partial charge in [0.15, 0.2) is 0 Å². The molecule has 11 heavy (non-hydrogen) atoms. The highest BCUT2D eigenvalue weighted by Gasteiger charge is 2.22. The number of esters is 1. The summed E-state index contributed by atoms with van der Waals surface area (Å²) in [5.74, 6) is -0.229. The fourth-order valence-electron chi connectivity index (χ4n) is 1.13. The molecule has 1 heterocycles. The lowest BCUT2D eigenvalue weighted by Gasteiger charge is -1.94. The van der Waals surface area contributed by atoms with Crippen LogP contribution in [0.5, 0.6) is 0 Å². The van der Waals surface area contributed by atoms with Gasteiger partial charge in [-0.2, -0.15) is 0 Å². The first-order valence-corrected chi connectivity index (χ1v) is 4.03. The number of carbonyl (C=O) groups excluding carboxylic acids is 1. The molecule has 1 aliphatic rings. The van der Waals surface area contributed by atoms with Gasteiger partial charge in [-0.3, -0.25) is 0 Å². The van der Waals surface area contributed by atoms with Crippen molar-refractivity contribution >= 4 is 21.9 Å². The van der Waals surface area contributed by atoms with Crippen molar-refractivity contribution in [1.82, 2.24) is 0 Å². The van der Waals surface area contributed by atoms with Crippen LogP contribution < -0.4 is 0 Å². The Morgan fingerprint density at radius 1 is 1.45 bits per heavy atom. The number of ether oxygens (including phenoxy) is 1. The zero-order valence-corrected chi connectivity index (χ0v) is 7.22. The van der Waals surface area contributed by atoms with E-state index in [1.807, 2.05) is 18.2 Å². The normalized spacial score (nSPS) is 14.5. The van der Waals surface area contributed by atoms with Gasteiger partial charge in [-0.15, -0.1) is 0 Å². The van der Waals surface area contributed by atoms with Crippen LogP contribution in [0.3, 0.4) is 0 Å². The van der Waals surface area contributed by atoms with Crippen molar-refractivity contribution in [2.45, 2.75) is 6.61 Å². The Balaban J connectivity index is 2.68. The summed E-state index contributed by atoms with van der Waals surface area (Å²) in [6.07, 6.45) is 0. The summed E-state index contributed by atoms with van der Waals surface area (Å²) in [5.41, 5.74) is 1.64. The maximum Gasteiger partial charge on any atom is 0.340 e. The molecule has 0 bridgehead atoms. The molecule has 2 nitrogen and oxygen atoms in total. The van der Waals surface area contributed by atoms with Crippen LogP contribution in [0.15, 0.2) is 22.7 Å². The van der Waals surface area contributed by atoms with Gasteiger partial charge in [0.25, 0.3) is 0 Å². The monoisotopic (exact) mass is 212 g/mol. The van der Waals surface area contributed by atoms with Crippen LogP contribution in [0.4, 0.5) is 0 Å². The molecule has 0 saturated carbocycles. The molecular weight excluding hydrogens is 208 g/mol. The van der Waals surface area contributed by atoms with E-state index in [9.17, 15) is 4.79 Å². The lowest BCUT2D eigenvalue weighted by molar-refractivity contribution is 0.0534. The molecule has 2 rings (SSSR count). The standard InChI is InChI=1S/C8H5BrO2/c9-6-3-1-2-5-4-11-8(10)7(5)6/h1-3H,4H2. The van der Waals surface area contributed by atoms with Gasteiger partial charge < -0.3 is 4.74 Å². The molecule has 1 aliphatic heterocycles. The largest absolute Gasteiger partial charge is 0.457 e. The number of rotatable bonds is 0. The third-order valence-corrected chi connectivity index (χ3v) is 2.32. The van der Waals surface area contributed by atoms with Gasteiger partial charge in [-0.25, -0.2) is 4.79 Å². The van der Waals surface area contributed by atoms with Crippen molar-refractivity contribution in [1.29, 1.82) is 0 Å². The molecule has 0 aromatic heterocycles. The quantitative estimate of drug-likeness (QED) is 0.617. The predicted octanol–water partition coefficient (Wildman–Crippen LogP) is 2.12. The fourth-order valence-corrected chi connectivity index (χ4v) is 1.70. The van der Waals surface area contributed by atoms with Gasteiger partial charge in [0, 0.05) is 10.0 Å². The highest BCUT2D eigenvalue weighted by atomic mass is 79.9. The molecule has 0 fully saturated rings. The van der Waals surface area contributed by atoms with Gasteiger partial charge in [0.2, 0.25) is 0 Å². The molecule has 0 spiro atoms. The Morgan fingerprint density at radius 3 is 3.00 bits per heavy atom. The van der Waals surface area contributed by atoms with Crippen molar-refractivity contribution in [3.8, 4) is 0 Å². The van der Waals surface area contributed by atoms with Crippen LogP contribution in [0.1, 0.15) is 15.9 Å². The Labute approximate surface area is 72.3 Å². The number of fused-ring (bicyclic) bond motifs is 1. The number of hydrogen-bond acceptors (Lipinski definition) is 2. The molecule has 0 N–H and O–H groups in total. The molecular formula is C8H5BrO2. The van der Waals surface area contributed by atoms with E-state index in [-0.39, 0.29) is 5.97 Å². The lowest BCUT2D eigenvalue weighted by atomic mass is 10.1. The van der Waals surface area contributed by atoms with Gasteiger partial charge in [0.05, 0.1) is 5.56 Å². The molecule has 0 radical (unpaired) electrons. The minimum atomic E-state index is -0.229. The third-order valence-electron chi connectivity index (χ3n) is 1.66. The zero-order valence-electron chi connectivity index (χ0n) is 5.63. The molecule has 3 heteroatoms. The summed E-state index contributed by atoms with van der Waals surface area (Å²) in [6, 6.07) is 5.63. The molecule has 0 amide bonds. The molecule has 0 atom stereocenters. The first kappa shape index (κ1) is 6.85. The van der Waals surface area contributed by atoms with Gasteiger partial charge in [-0.05, 0) is 22.0 Å². The van der Waals surface area contributed by atoms with Gasteiger partial charge in [-0.1, -0.05) is 12.1 Å². The van der Waals surface area contributed by atoms with E-state index in [1.165, 1.54) is 0 Å². The molecule has 1 aromatic carbocycles. The summed E-state index contributed by atoms with van der Waals surface area (Å²) >= 11 is 3.29. The highest BCUT2D eigenvalue weighted by molar-refractivity contribution is 9.10. The van der Waals surface area contributed by atoms with Crippen LogP contribution in [0, 0.1) is 0 Å². The van der Waals surface area contributed by atoms with Crippen LogP contribution in [0.25, 0.3) is 0 Å². The minimum absolute atomic E-state index is 0.229. The summed E-state index contributed by atoms with van der Waals surface area (Å²) < 4.78 is 5.65. The highest BCUT2D eigenvalue weighted by Crippen LogP contribution is 2.26. The first-order valence-electron chi connectivity index (χ1n) is 3.23. The Hall–Kier alpha value is -0.830. The third kappa shape index (κ3) is 0.959. The summed E-state index contributed by atoms with van der Waals surface area (Å²) in [5, 5.41) is 0. The Morgan fingerprint density at radius 2 is 2.27 bits per heavy atom. The van der Waals surface area contributed by atoms with Crippen molar-refractivity contribution in [3.63, 3.8) is 0 Å². The van der Waals surface area contributed by atoms with Crippen LogP contribution in [-0.2, 0) is 11.3 Å². The number of benzene rings is 1. The molecule has 0 aliphatic carbocycles. The summed E-state index contributed by atoms with van der Waals surface area (Å²) in [4.78, 5) is 11.0. The Kier molecular flexibility index (Phi) is 1.46. The van der Waals surface area contributed by atoms with E-state index >= 15 is 0 Å². The molecule has 1 aromatic rings. The maximum absolute atomic E-state index is 11.0. The topological polar surface area (TPSA) is 26.3 Å². The van der Waals surface area contributed by atoms with Gasteiger partial charge >= 0.3 is 5.97 Å². The number of carbonyl (C=O) groups is 1. The Bertz CT molecular complexity index is 320. The average Bonchev–Trinajstić information content (AvgIpc) is 2.34. The van der Waals surface area contributed by atoms with E-state index in [0.29, 0.717) is 12.2 Å². The fraction of sp³-hybridized carbons (Fsp3) is 0.125. The van der Waals surface area contributed by atoms with Crippen molar-refractivity contribution in [2.24, 2.45) is 0 Å². The van der Waals surface area contributed by atoms with E-state index < -0.39 is 0 Å². The minimum Gasteiger partial charge on any atom is -0.457 e. The average molecular weight is 213 g/mol. The second kappa shape index (κ2) is 2.34. The number of cyclic esters (lactones) is 1. The zero-order chi connectivity index (χ0) is 7.84. The first-order chi connectivity index (χ1) is 5.29. The molecule has 0 unspecified atom stereocenters. The van der Waals surface area contributed by atoms with E-state index in [2.05, 4.69) is 15.9 Å². The van der Waals surface area contributed by atoms with Gasteiger partial charge in [0.1, 0.15) is 6.61 Å². The number of hydrogen-bond donors (Lipinski definition) is 0. The maximum atomic E-state index is 11.0. The smallest absolute Gasteiger partial charge is 0.340 e. The van der Waals surface area contributed by atoms with Crippen molar-refractivity contribution < 1.29 is 9.53 Å². The van der Waals surface area contributed by atoms with Crippen LogP contribution in [-0.4, -0.2) is 5.97 Å². The summed E-state index contributed by atoms with van der Waals surface area (Å²) in [6.45, 7) is 0.410. The summed E-state index contributed by atoms with van der Waals surface area (Å²) in [7, 11) is 0. The number of halogens is 1. The van der Waals surface area contributed by atoms with Crippen LogP contribution in [0.2, 0.25) is 0 Å². The SMILES string of the molecule is O=C1OCc2cccc(Br)c21. The predicted molar refractivity (Wildman–Crippen MR) is 43.3 cm³/mol. The van der Waals surface area contributed by atoms with Crippen molar-refractivity contribution in [3.05, 3.63) is 33.8 Å². The lowest BCUT2D eigenvalue weighted by Crippen LogP contribution is -1.94. The van der Waals surface area contributed by atoms with Crippen molar-refractivity contribution in [2.75, 3.05) is 0 Å². The van der Waals surface area contributed by atoms with E-state index in [4.69, 9.17) is 4.74 Å². The second-order valence-electron chi connectivity index (χ2n) is 2.35.